The van der Waals surface area contributed by atoms with Crippen molar-refractivity contribution in [2.24, 2.45) is 0 Å². The molecule has 0 aromatic carbocycles. The SMILES string of the molecule is C=C.C=C.C=C.C=C.C=C.C=CC.C=CC. The number of rotatable bonds is 0. The summed E-state index contributed by atoms with van der Waals surface area (Å²) in [4.78, 5) is 0. The molecule has 0 aliphatic carbocycles. The molecule has 0 heterocycles. The van der Waals surface area contributed by atoms with Crippen molar-refractivity contribution in [2.45, 2.75) is 13.8 Å². The molecule has 0 amide bonds. The van der Waals surface area contributed by atoms with Crippen LogP contribution in [0.5, 0.6) is 0 Å². The van der Waals surface area contributed by atoms with Gasteiger partial charge < -0.3 is 0 Å². The Kier molecular flexibility index (Phi) is 180000. The molecule has 0 radical (unpaired) electrons. The summed E-state index contributed by atoms with van der Waals surface area (Å²) in [7, 11) is 0. The lowest BCUT2D eigenvalue weighted by Crippen LogP contribution is -1.07. The zero-order chi connectivity index (χ0) is 15.4. The lowest BCUT2D eigenvalue weighted by atomic mass is 10.8. The Labute approximate surface area is 105 Å². The van der Waals surface area contributed by atoms with Crippen molar-refractivity contribution >= 4 is 0 Å². The molecule has 0 spiro atoms. The average Bonchev–Trinajstić information content (AvgIpc) is 2.42. The fourth-order valence-electron chi connectivity index (χ4n) is 0. The summed E-state index contributed by atoms with van der Waals surface area (Å²) in [5.74, 6) is 0. The molecule has 0 unspecified atom stereocenters. The maximum absolute atomic E-state index is 3.36. The fraction of sp³-hybridized carbons (Fsp3) is 0.125. The number of allylic oxidation sites excluding steroid dienone is 2. The first-order valence-electron chi connectivity index (χ1n) is 4.47. The molecule has 0 aliphatic heterocycles. The molecule has 0 saturated heterocycles. The van der Waals surface area contributed by atoms with Gasteiger partial charge in [-0.15, -0.1) is 78.9 Å². The van der Waals surface area contributed by atoms with Gasteiger partial charge in [0, 0.05) is 0 Å². The van der Waals surface area contributed by atoms with Crippen molar-refractivity contribution < 1.29 is 0 Å². The Morgan fingerprint density at radius 2 is 0.438 bits per heavy atom. The molecule has 0 atom stereocenters. The molecule has 0 aromatic rings. The fourth-order valence-corrected chi connectivity index (χ4v) is 0. The van der Waals surface area contributed by atoms with E-state index < -0.39 is 0 Å². The number of hydrogen-bond donors (Lipinski definition) is 0. The molecule has 0 saturated carbocycles. The molecule has 0 heteroatoms. The van der Waals surface area contributed by atoms with Gasteiger partial charge in [-0.1, -0.05) is 12.2 Å². The van der Waals surface area contributed by atoms with Gasteiger partial charge >= 0.3 is 0 Å². The highest BCUT2D eigenvalue weighted by atomic mass is 13.2. The van der Waals surface area contributed by atoms with Crippen LogP contribution in [0.25, 0.3) is 0 Å². The minimum absolute atomic E-state index is 1.75. The minimum atomic E-state index is 1.75. The van der Waals surface area contributed by atoms with Gasteiger partial charge in [-0.05, 0) is 13.8 Å². The lowest BCUT2D eigenvalue weighted by molar-refractivity contribution is 1.80. The highest BCUT2D eigenvalue weighted by Gasteiger charge is 1.15. The van der Waals surface area contributed by atoms with Crippen LogP contribution < -0.4 is 0 Å². The van der Waals surface area contributed by atoms with Gasteiger partial charge in [-0.3, -0.25) is 0 Å². The van der Waals surface area contributed by atoms with E-state index in [0.29, 0.717) is 0 Å². The lowest BCUT2D eigenvalue weighted by Gasteiger charge is -1.31. The monoisotopic (exact) mass is 224 g/mol. The summed E-state index contributed by atoms with van der Waals surface area (Å²) in [6.45, 7) is 40.5. The highest BCUT2D eigenvalue weighted by molar-refractivity contribution is 4.51. The van der Waals surface area contributed by atoms with Crippen molar-refractivity contribution in [3.63, 3.8) is 0 Å². The van der Waals surface area contributed by atoms with Crippen LogP contribution >= 0.6 is 0 Å². The molecule has 0 N–H and O–H groups in total. The van der Waals surface area contributed by atoms with Crippen LogP contribution in [0.2, 0.25) is 0 Å². The van der Waals surface area contributed by atoms with Crippen molar-refractivity contribution in [3.8, 4) is 0 Å². The van der Waals surface area contributed by atoms with Crippen LogP contribution in [-0.2, 0) is 0 Å². The zero-order valence-electron chi connectivity index (χ0n) is 11.6. The van der Waals surface area contributed by atoms with Crippen molar-refractivity contribution in [3.05, 3.63) is 91.1 Å². The van der Waals surface area contributed by atoms with Crippen LogP contribution in [0, 0.1) is 0 Å². The van der Waals surface area contributed by atoms with Crippen LogP contribution in [0.3, 0.4) is 0 Å². The standard InChI is InChI=1S/2C3H6.5C2H4/c2*1-3-2;5*1-2/h2*3H,1H2,2H3;5*1-2H2. The zero-order valence-corrected chi connectivity index (χ0v) is 11.6. The topological polar surface area (TPSA) is 0 Å². The quantitative estimate of drug-likeness (QED) is 0.418. The molecular formula is C16H32. The minimum Gasteiger partial charge on any atom is -0.106 e. The molecule has 0 rings (SSSR count). The Morgan fingerprint density at radius 1 is 0.438 bits per heavy atom. The number of hydrogen-bond acceptors (Lipinski definition) is 0. The molecule has 96 valence electrons. The maximum Gasteiger partial charge on any atom is -0.0473 e. The molecule has 0 nitrogen and oxygen atoms in total. The first-order chi connectivity index (χ1) is 7.83. The Hall–Kier alpha value is -1.82. The first-order valence-corrected chi connectivity index (χ1v) is 4.47. The Morgan fingerprint density at radius 3 is 0.438 bits per heavy atom. The van der Waals surface area contributed by atoms with Gasteiger partial charge in [-0.2, -0.15) is 0 Å². The van der Waals surface area contributed by atoms with E-state index in [1.54, 1.807) is 12.2 Å². The summed E-state index contributed by atoms with van der Waals surface area (Å²) in [6.07, 6.45) is 3.50. The normalized spacial score (nSPS) is 2.88. The molecule has 0 aromatic heterocycles. The molecule has 0 bridgehead atoms. The van der Waals surface area contributed by atoms with Gasteiger partial charge in [0.15, 0.2) is 0 Å². The highest BCUT2D eigenvalue weighted by Crippen LogP contribution is 1.38. The predicted octanol–water partition coefficient (Wildman–Crippen LogP) is 6.40. The second-order valence-electron chi connectivity index (χ2n) is 0.816. The largest absolute Gasteiger partial charge is 0.106 e. The average molecular weight is 224 g/mol. The molecule has 16 heavy (non-hydrogen) atoms. The maximum atomic E-state index is 3.36. The van der Waals surface area contributed by atoms with Crippen molar-refractivity contribution in [1.82, 2.24) is 0 Å². The van der Waals surface area contributed by atoms with Crippen LogP contribution in [0.4, 0.5) is 0 Å². The van der Waals surface area contributed by atoms with E-state index in [1.807, 2.05) is 13.8 Å². The van der Waals surface area contributed by atoms with E-state index in [4.69, 9.17) is 0 Å². The molecular weight excluding hydrogens is 192 g/mol. The van der Waals surface area contributed by atoms with Gasteiger partial charge in [0.25, 0.3) is 0 Å². The van der Waals surface area contributed by atoms with Crippen LogP contribution in [0.1, 0.15) is 13.8 Å². The second-order valence-corrected chi connectivity index (χ2v) is 0.816. The summed E-state index contributed by atoms with van der Waals surface area (Å²) in [5, 5.41) is 0. The van der Waals surface area contributed by atoms with Gasteiger partial charge in [0.1, 0.15) is 0 Å². The summed E-state index contributed by atoms with van der Waals surface area (Å²) >= 11 is 0. The van der Waals surface area contributed by atoms with E-state index in [-0.39, 0.29) is 0 Å². The summed E-state index contributed by atoms with van der Waals surface area (Å²) in [5.41, 5.74) is 0. The van der Waals surface area contributed by atoms with E-state index >= 15 is 0 Å². The summed E-state index contributed by atoms with van der Waals surface area (Å²) < 4.78 is 0. The van der Waals surface area contributed by atoms with Crippen LogP contribution in [0.15, 0.2) is 91.1 Å². The first kappa shape index (κ1) is 47.8. The smallest absolute Gasteiger partial charge is 0.0473 e. The van der Waals surface area contributed by atoms with E-state index in [2.05, 4.69) is 78.9 Å². The van der Waals surface area contributed by atoms with Crippen LogP contribution in [-0.4, -0.2) is 0 Å². The third-order valence-electron chi connectivity index (χ3n) is 0. The summed E-state index contributed by atoms with van der Waals surface area (Å²) in [6, 6.07) is 0. The van der Waals surface area contributed by atoms with Crippen molar-refractivity contribution in [1.29, 1.82) is 0 Å². The van der Waals surface area contributed by atoms with Gasteiger partial charge in [-0.25, -0.2) is 0 Å². The third kappa shape index (κ3) is 460. The van der Waals surface area contributed by atoms with Gasteiger partial charge in [0.05, 0.1) is 0 Å². The van der Waals surface area contributed by atoms with E-state index in [9.17, 15) is 0 Å². The van der Waals surface area contributed by atoms with Gasteiger partial charge in [0.2, 0.25) is 0 Å². The third-order valence-corrected chi connectivity index (χ3v) is 0. The second kappa shape index (κ2) is 60300. The Balaban J connectivity index is -0.0000000120. The van der Waals surface area contributed by atoms with Crippen molar-refractivity contribution in [2.75, 3.05) is 0 Å². The Bertz CT molecular complexity index is 54.5. The predicted molar refractivity (Wildman–Crippen MR) is 88.0 cm³/mol. The van der Waals surface area contributed by atoms with E-state index in [0.717, 1.165) is 0 Å². The molecule has 0 fully saturated rings. The van der Waals surface area contributed by atoms with E-state index in [1.165, 1.54) is 0 Å². The molecule has 0 aliphatic rings.